The molecular weight excluding hydrogens is 354 g/mol. The van der Waals surface area contributed by atoms with Crippen LogP contribution in [0, 0.1) is 0 Å². The third-order valence-electron chi connectivity index (χ3n) is 5.65. The summed E-state index contributed by atoms with van der Waals surface area (Å²) in [5.74, 6) is 0.455. The van der Waals surface area contributed by atoms with Crippen LogP contribution in [-0.4, -0.2) is 34.9 Å². The molecule has 6 nitrogen and oxygen atoms in total. The summed E-state index contributed by atoms with van der Waals surface area (Å²) in [4.78, 5) is 14.7. The van der Waals surface area contributed by atoms with Gasteiger partial charge in [0, 0.05) is 31.0 Å². The molecule has 4 heterocycles. The van der Waals surface area contributed by atoms with Crippen molar-refractivity contribution >= 4 is 11.6 Å². The minimum atomic E-state index is -0.0974. The Balaban J connectivity index is 1.41. The van der Waals surface area contributed by atoms with Crippen LogP contribution in [0.2, 0.25) is 0 Å². The number of fused-ring (bicyclic) bond motifs is 1. The van der Waals surface area contributed by atoms with E-state index in [1.165, 1.54) is 6.26 Å². The predicted octanol–water partition coefficient (Wildman–Crippen LogP) is 3.84. The van der Waals surface area contributed by atoms with Gasteiger partial charge in [-0.05, 0) is 49.1 Å². The number of hydrogen-bond donors (Lipinski definition) is 0. The summed E-state index contributed by atoms with van der Waals surface area (Å²) in [6.07, 6.45) is 6.92. The van der Waals surface area contributed by atoms with Crippen LogP contribution in [0.25, 0.3) is 0 Å². The topological polar surface area (TPSA) is 60.5 Å². The fourth-order valence-electron chi connectivity index (χ4n) is 4.28. The van der Waals surface area contributed by atoms with Crippen LogP contribution < -0.4 is 4.90 Å². The van der Waals surface area contributed by atoms with Gasteiger partial charge in [0.25, 0.3) is 5.91 Å². The Kier molecular flexibility index (Phi) is 4.49. The van der Waals surface area contributed by atoms with E-state index in [1.807, 2.05) is 34.0 Å². The summed E-state index contributed by atoms with van der Waals surface area (Å²) < 4.78 is 13.0. The van der Waals surface area contributed by atoms with Crippen molar-refractivity contribution in [2.75, 3.05) is 18.1 Å². The van der Waals surface area contributed by atoms with Gasteiger partial charge in [-0.3, -0.25) is 9.48 Å². The van der Waals surface area contributed by atoms with E-state index in [9.17, 15) is 4.79 Å². The number of rotatable bonds is 4. The summed E-state index contributed by atoms with van der Waals surface area (Å²) >= 11 is 0. The van der Waals surface area contributed by atoms with Crippen LogP contribution in [0.3, 0.4) is 0 Å². The van der Waals surface area contributed by atoms with Crippen LogP contribution in [0.5, 0.6) is 0 Å². The van der Waals surface area contributed by atoms with Gasteiger partial charge in [-0.1, -0.05) is 18.2 Å². The molecule has 28 heavy (non-hydrogen) atoms. The van der Waals surface area contributed by atoms with Crippen LogP contribution >= 0.6 is 0 Å². The number of anilines is 1. The van der Waals surface area contributed by atoms with Crippen LogP contribution in [-0.2, 0) is 11.3 Å². The number of benzene rings is 1. The second kappa shape index (κ2) is 7.28. The molecule has 2 aliphatic rings. The second-order valence-corrected chi connectivity index (χ2v) is 7.43. The molecule has 0 unspecified atom stereocenters. The standard InChI is InChI=1S/C22H23N3O3/c26-22(21-8-4-14-28-21)25-12-9-17(18-6-1-2-7-20(18)25)19-10-11-24(23-19)15-16-5-3-13-27-16/h1-2,4,6-8,10-11,14,16-17H,3,5,9,12-13,15H2/t16-,17+/m0/s1. The first-order valence-electron chi connectivity index (χ1n) is 9.89. The maximum Gasteiger partial charge on any atom is 0.293 e. The molecule has 1 saturated heterocycles. The van der Waals surface area contributed by atoms with Crippen molar-refractivity contribution in [2.45, 2.75) is 37.8 Å². The van der Waals surface area contributed by atoms with Gasteiger partial charge in [0.1, 0.15) is 0 Å². The Bertz CT molecular complexity index is 957. The average Bonchev–Trinajstić information content (AvgIpc) is 3.50. The van der Waals surface area contributed by atoms with Gasteiger partial charge in [0.05, 0.1) is 24.6 Å². The lowest BCUT2D eigenvalue weighted by Crippen LogP contribution is -2.36. The smallest absolute Gasteiger partial charge is 0.293 e. The highest BCUT2D eigenvalue weighted by molar-refractivity contribution is 6.05. The number of para-hydroxylation sites is 1. The zero-order valence-electron chi connectivity index (χ0n) is 15.7. The number of ether oxygens (including phenoxy) is 1. The van der Waals surface area contributed by atoms with Crippen LogP contribution in [0.1, 0.15) is 47.0 Å². The van der Waals surface area contributed by atoms with E-state index >= 15 is 0 Å². The first-order chi connectivity index (χ1) is 13.8. The minimum Gasteiger partial charge on any atom is -0.459 e. The number of furan rings is 1. The lowest BCUT2D eigenvalue weighted by atomic mass is 9.87. The third kappa shape index (κ3) is 3.14. The first-order valence-corrected chi connectivity index (χ1v) is 9.89. The van der Waals surface area contributed by atoms with E-state index < -0.39 is 0 Å². The molecule has 0 saturated carbocycles. The molecule has 1 aromatic carbocycles. The summed E-state index contributed by atoms with van der Waals surface area (Å²) in [5.41, 5.74) is 3.13. The highest BCUT2D eigenvalue weighted by Crippen LogP contribution is 2.39. The number of nitrogens with zero attached hydrogens (tertiary/aromatic N) is 3. The minimum absolute atomic E-state index is 0.0974. The van der Waals surface area contributed by atoms with Crippen LogP contribution in [0.15, 0.2) is 59.3 Å². The van der Waals surface area contributed by atoms with Gasteiger partial charge >= 0.3 is 0 Å². The first kappa shape index (κ1) is 17.3. The maximum absolute atomic E-state index is 12.9. The zero-order chi connectivity index (χ0) is 18.9. The molecule has 1 amide bonds. The van der Waals surface area contributed by atoms with Gasteiger partial charge in [-0.2, -0.15) is 5.10 Å². The van der Waals surface area contributed by atoms with Gasteiger partial charge < -0.3 is 14.1 Å². The Morgan fingerprint density at radius 3 is 2.89 bits per heavy atom. The fraction of sp³-hybridized carbons (Fsp3) is 0.364. The summed E-state index contributed by atoms with van der Waals surface area (Å²) in [5, 5.41) is 4.83. The molecule has 0 aliphatic carbocycles. The zero-order valence-corrected chi connectivity index (χ0v) is 15.7. The molecule has 144 valence electrons. The third-order valence-corrected chi connectivity index (χ3v) is 5.65. The van der Waals surface area contributed by atoms with Crippen LogP contribution in [0.4, 0.5) is 5.69 Å². The summed E-state index contributed by atoms with van der Waals surface area (Å²) in [7, 11) is 0. The van der Waals surface area contributed by atoms with E-state index in [4.69, 9.17) is 14.3 Å². The van der Waals surface area contributed by atoms with Crippen molar-refractivity contribution in [2.24, 2.45) is 0 Å². The Labute approximate surface area is 163 Å². The fourth-order valence-corrected chi connectivity index (χ4v) is 4.28. The molecule has 0 N–H and O–H groups in total. The van der Waals surface area contributed by atoms with Gasteiger partial charge in [0.15, 0.2) is 5.76 Å². The SMILES string of the molecule is O=C(c1ccco1)N1CC[C@@H](c2ccn(C[C@@H]3CCCO3)n2)c2ccccc21. The lowest BCUT2D eigenvalue weighted by molar-refractivity contribution is 0.0937. The molecule has 2 aromatic heterocycles. The lowest BCUT2D eigenvalue weighted by Gasteiger charge is -2.33. The Hall–Kier alpha value is -2.86. The monoisotopic (exact) mass is 377 g/mol. The Morgan fingerprint density at radius 2 is 2.07 bits per heavy atom. The molecule has 6 heteroatoms. The summed E-state index contributed by atoms with van der Waals surface area (Å²) in [6.45, 7) is 2.30. The molecule has 0 radical (unpaired) electrons. The molecule has 0 bridgehead atoms. The quantitative estimate of drug-likeness (QED) is 0.693. The molecule has 5 rings (SSSR count). The summed E-state index contributed by atoms with van der Waals surface area (Å²) in [6, 6.07) is 13.7. The van der Waals surface area contributed by atoms with E-state index in [0.29, 0.717) is 12.3 Å². The highest BCUT2D eigenvalue weighted by atomic mass is 16.5. The van der Waals surface area contributed by atoms with E-state index in [0.717, 1.165) is 49.4 Å². The van der Waals surface area contributed by atoms with Crippen molar-refractivity contribution in [1.82, 2.24) is 9.78 Å². The largest absolute Gasteiger partial charge is 0.459 e. The maximum atomic E-state index is 12.9. The molecule has 2 aliphatic heterocycles. The normalized spacial score (nSPS) is 21.6. The number of amides is 1. The van der Waals surface area contributed by atoms with Crippen molar-refractivity contribution in [3.8, 4) is 0 Å². The van der Waals surface area contributed by atoms with E-state index in [2.05, 4.69) is 12.1 Å². The highest BCUT2D eigenvalue weighted by Gasteiger charge is 2.32. The number of hydrogen-bond acceptors (Lipinski definition) is 4. The van der Waals surface area contributed by atoms with E-state index in [-0.39, 0.29) is 17.9 Å². The van der Waals surface area contributed by atoms with Crippen molar-refractivity contribution in [1.29, 1.82) is 0 Å². The van der Waals surface area contributed by atoms with Gasteiger partial charge in [0.2, 0.25) is 0 Å². The van der Waals surface area contributed by atoms with Crippen molar-refractivity contribution < 1.29 is 13.9 Å². The molecular formula is C22H23N3O3. The van der Waals surface area contributed by atoms with Gasteiger partial charge in [-0.25, -0.2) is 0 Å². The average molecular weight is 377 g/mol. The van der Waals surface area contributed by atoms with Crippen molar-refractivity contribution in [3.63, 3.8) is 0 Å². The van der Waals surface area contributed by atoms with Crippen molar-refractivity contribution in [3.05, 3.63) is 71.9 Å². The predicted molar refractivity (Wildman–Crippen MR) is 104 cm³/mol. The van der Waals surface area contributed by atoms with E-state index in [1.54, 1.807) is 12.1 Å². The second-order valence-electron chi connectivity index (χ2n) is 7.43. The number of carbonyl (C=O) groups is 1. The molecule has 1 fully saturated rings. The molecule has 3 aromatic rings. The number of carbonyl (C=O) groups excluding carboxylic acids is 1. The number of aromatic nitrogens is 2. The molecule has 2 atom stereocenters. The Morgan fingerprint density at radius 1 is 1.14 bits per heavy atom. The van der Waals surface area contributed by atoms with Gasteiger partial charge in [-0.15, -0.1) is 0 Å². The molecule has 0 spiro atoms.